The van der Waals surface area contributed by atoms with Gasteiger partial charge in [-0.2, -0.15) is 4.57 Å². The lowest BCUT2D eigenvalue weighted by Gasteiger charge is -2.22. The maximum absolute atomic E-state index is 13.5. The second-order valence-corrected chi connectivity index (χ2v) is 6.73. The number of rotatable bonds is 3. The van der Waals surface area contributed by atoms with Crippen LogP contribution in [-0.2, 0) is 6.42 Å². The Labute approximate surface area is 156 Å². The number of hydrogen-bond acceptors (Lipinski definition) is 3. The van der Waals surface area contributed by atoms with Crippen LogP contribution < -0.4 is 15.3 Å². The molecule has 0 fully saturated rings. The zero-order valence-electron chi connectivity index (χ0n) is 14.4. The first-order chi connectivity index (χ1) is 12.7. The fourth-order valence-electron chi connectivity index (χ4n) is 3.61. The normalized spacial score (nSPS) is 16.2. The van der Waals surface area contributed by atoms with E-state index < -0.39 is 0 Å². The van der Waals surface area contributed by atoms with Crippen molar-refractivity contribution in [2.75, 3.05) is 7.11 Å². The lowest BCUT2D eigenvalue weighted by atomic mass is 9.97. The van der Waals surface area contributed by atoms with Crippen LogP contribution >= 0.6 is 11.6 Å². The van der Waals surface area contributed by atoms with Gasteiger partial charge in [-0.15, -0.1) is 0 Å². The molecule has 132 valence electrons. The number of nitrogens with one attached hydrogen (secondary N) is 1. The van der Waals surface area contributed by atoms with Crippen molar-refractivity contribution in [3.05, 3.63) is 75.6 Å². The first-order valence-corrected chi connectivity index (χ1v) is 8.98. The number of aromatic nitrogens is 3. The van der Waals surface area contributed by atoms with Crippen LogP contribution in [0.5, 0.6) is 5.88 Å². The van der Waals surface area contributed by atoms with E-state index in [1.165, 1.54) is 0 Å². The summed E-state index contributed by atoms with van der Waals surface area (Å²) < 4.78 is 7.35. The Hall–Kier alpha value is -2.66. The number of nitrogens with zero attached hydrogens (tertiary/aromatic N) is 2. The summed E-state index contributed by atoms with van der Waals surface area (Å²) >= 11 is 5.92. The molecule has 0 spiro atoms. The third kappa shape index (κ3) is 2.88. The molecule has 0 bridgehead atoms. The minimum absolute atomic E-state index is 0.0542. The van der Waals surface area contributed by atoms with E-state index in [0.717, 1.165) is 36.2 Å². The number of halogens is 1. The Kier molecular flexibility index (Phi) is 4.47. The van der Waals surface area contributed by atoms with Crippen molar-refractivity contribution in [2.24, 2.45) is 0 Å². The highest BCUT2D eigenvalue weighted by Gasteiger charge is 2.33. The number of pyridine rings is 1. The van der Waals surface area contributed by atoms with E-state index in [2.05, 4.69) is 9.97 Å². The summed E-state index contributed by atoms with van der Waals surface area (Å²) in [7, 11) is 1.58. The second kappa shape index (κ2) is 6.92. The van der Waals surface area contributed by atoms with Crippen molar-refractivity contribution < 1.29 is 9.72 Å². The molecule has 0 radical (unpaired) electrons. The monoisotopic (exact) mass is 368 g/mol. The maximum atomic E-state index is 13.5. The number of ether oxygens (including phenoxy) is 1. The Balaban J connectivity index is 1.94. The highest BCUT2D eigenvalue weighted by atomic mass is 35.5. The largest absolute Gasteiger partial charge is 0.465 e. The van der Waals surface area contributed by atoms with E-state index in [-0.39, 0.29) is 11.6 Å². The first-order valence-electron chi connectivity index (χ1n) is 8.60. The molecule has 0 aliphatic carbocycles. The summed E-state index contributed by atoms with van der Waals surface area (Å²) in [6.07, 6.45) is 4.42. The fraction of sp³-hybridized carbons (Fsp3) is 0.250. The molecule has 1 N–H and O–H groups in total. The molecule has 0 amide bonds. The molecule has 26 heavy (non-hydrogen) atoms. The zero-order valence-corrected chi connectivity index (χ0v) is 15.2. The molecule has 3 heterocycles. The Bertz CT molecular complexity index is 984. The summed E-state index contributed by atoms with van der Waals surface area (Å²) in [5.41, 5.74) is 2.31. The number of hydrogen-bond donors (Lipinski definition) is 0. The van der Waals surface area contributed by atoms with Crippen LogP contribution in [0.15, 0.2) is 53.5 Å². The van der Waals surface area contributed by atoms with Gasteiger partial charge in [-0.05, 0) is 24.5 Å². The molecule has 3 aromatic rings. The summed E-state index contributed by atoms with van der Waals surface area (Å²) in [4.78, 5) is 21.0. The van der Waals surface area contributed by atoms with Crippen LogP contribution in [-0.4, -0.2) is 16.7 Å². The molecule has 6 heteroatoms. The molecule has 1 aliphatic rings. The third-order valence-electron chi connectivity index (χ3n) is 4.81. The molecule has 4 rings (SSSR count). The summed E-state index contributed by atoms with van der Waals surface area (Å²) in [6, 6.07) is 13.2. The molecule has 2 aromatic heterocycles. The van der Waals surface area contributed by atoms with Crippen molar-refractivity contribution in [3.8, 4) is 17.0 Å². The Morgan fingerprint density at radius 3 is 2.73 bits per heavy atom. The van der Waals surface area contributed by atoms with Crippen LogP contribution in [0.25, 0.3) is 11.1 Å². The van der Waals surface area contributed by atoms with E-state index in [1.807, 2.05) is 41.0 Å². The quantitative estimate of drug-likeness (QED) is 0.666. The highest BCUT2D eigenvalue weighted by molar-refractivity contribution is 6.29. The molecular weight excluding hydrogens is 350 g/mol. The van der Waals surface area contributed by atoms with Gasteiger partial charge in [-0.3, -0.25) is 0 Å². The molecule has 1 unspecified atom stereocenters. The maximum Gasteiger partial charge on any atom is 0.349 e. The molecule has 5 nitrogen and oxygen atoms in total. The third-order valence-corrected chi connectivity index (χ3v) is 5.04. The number of methoxy groups -OCH3 is 1. The van der Waals surface area contributed by atoms with Gasteiger partial charge in [0.1, 0.15) is 11.2 Å². The van der Waals surface area contributed by atoms with E-state index in [0.29, 0.717) is 16.6 Å². The van der Waals surface area contributed by atoms with Crippen molar-refractivity contribution in [1.29, 1.82) is 0 Å². The van der Waals surface area contributed by atoms with Gasteiger partial charge in [0.25, 0.3) is 11.7 Å². The molecule has 0 saturated heterocycles. The summed E-state index contributed by atoms with van der Waals surface area (Å²) in [5, 5.41) is 0.448. The Morgan fingerprint density at radius 2 is 2.04 bits per heavy atom. The van der Waals surface area contributed by atoms with Crippen LogP contribution in [0, 0.1) is 0 Å². The zero-order chi connectivity index (χ0) is 18.1. The van der Waals surface area contributed by atoms with E-state index in [1.54, 1.807) is 19.4 Å². The molecule has 1 atom stereocenters. The number of aromatic amines is 1. The SMILES string of the molecule is COc1[nH+]c2n(c(=O)c1-c1ccccc1)C(c1ccc(Cl)nc1)CCC2. The first kappa shape index (κ1) is 16.8. The highest BCUT2D eigenvalue weighted by Crippen LogP contribution is 2.31. The smallest absolute Gasteiger partial charge is 0.349 e. The van der Waals surface area contributed by atoms with Crippen molar-refractivity contribution in [2.45, 2.75) is 25.3 Å². The van der Waals surface area contributed by atoms with Gasteiger partial charge < -0.3 is 4.74 Å². The van der Waals surface area contributed by atoms with E-state index in [9.17, 15) is 4.79 Å². The van der Waals surface area contributed by atoms with Crippen LogP contribution in [0.3, 0.4) is 0 Å². The predicted octanol–water partition coefficient (Wildman–Crippen LogP) is 3.31. The molecular formula is C20H19ClN3O2+. The van der Waals surface area contributed by atoms with Crippen molar-refractivity contribution in [1.82, 2.24) is 9.55 Å². The van der Waals surface area contributed by atoms with Gasteiger partial charge in [0.05, 0.1) is 7.11 Å². The number of H-pyrrole nitrogens is 1. The lowest BCUT2D eigenvalue weighted by Crippen LogP contribution is -2.39. The summed E-state index contributed by atoms with van der Waals surface area (Å²) in [5.74, 6) is 1.38. The standard InChI is InChI=1S/C20H18ClN3O2/c1-26-19-18(13-6-3-2-4-7-13)20(25)24-15(8-5-9-17(24)23-19)14-10-11-16(21)22-12-14/h2-4,6-7,10-12,15H,5,8-9H2,1H3/p+1. The molecule has 1 aliphatic heterocycles. The van der Waals surface area contributed by atoms with Gasteiger partial charge in [-0.1, -0.05) is 48.0 Å². The predicted molar refractivity (Wildman–Crippen MR) is 99.6 cm³/mol. The number of benzene rings is 1. The number of fused-ring (bicyclic) bond motifs is 1. The topological polar surface area (TPSA) is 58.3 Å². The average Bonchev–Trinajstić information content (AvgIpc) is 2.68. The van der Waals surface area contributed by atoms with Gasteiger partial charge in [-0.25, -0.2) is 14.8 Å². The molecule has 0 saturated carbocycles. The van der Waals surface area contributed by atoms with Crippen molar-refractivity contribution in [3.63, 3.8) is 0 Å². The minimum Gasteiger partial charge on any atom is -0.465 e. The minimum atomic E-state index is -0.0689. The average molecular weight is 369 g/mol. The summed E-state index contributed by atoms with van der Waals surface area (Å²) in [6.45, 7) is 0. The van der Waals surface area contributed by atoms with E-state index in [4.69, 9.17) is 16.3 Å². The van der Waals surface area contributed by atoms with Gasteiger partial charge in [0, 0.05) is 18.2 Å². The Morgan fingerprint density at radius 1 is 1.23 bits per heavy atom. The fourth-order valence-corrected chi connectivity index (χ4v) is 3.72. The second-order valence-electron chi connectivity index (χ2n) is 6.34. The van der Waals surface area contributed by atoms with Crippen LogP contribution in [0.2, 0.25) is 5.15 Å². The van der Waals surface area contributed by atoms with E-state index >= 15 is 0 Å². The van der Waals surface area contributed by atoms with Gasteiger partial charge in [0.2, 0.25) is 0 Å². The van der Waals surface area contributed by atoms with Gasteiger partial charge in [0.15, 0.2) is 5.56 Å². The van der Waals surface area contributed by atoms with Crippen LogP contribution in [0.1, 0.15) is 30.3 Å². The number of aryl methyl sites for hydroxylation is 1. The lowest BCUT2D eigenvalue weighted by molar-refractivity contribution is -0.413. The van der Waals surface area contributed by atoms with Crippen LogP contribution in [0.4, 0.5) is 0 Å². The van der Waals surface area contributed by atoms with Gasteiger partial charge >= 0.3 is 5.56 Å². The van der Waals surface area contributed by atoms with Crippen molar-refractivity contribution >= 4 is 11.6 Å². The molecule has 1 aromatic carbocycles.